The second-order valence-electron chi connectivity index (χ2n) is 7.38. The summed E-state index contributed by atoms with van der Waals surface area (Å²) in [6.45, 7) is -0.295. The Balaban J connectivity index is 0.00000408. The standard InChI is InChI=1S/C24H27NO7S.Na/c26-19(17-31-21-9-3-1-4-10-21)15-25(23-13-7-8-14-24(23)33(28,29)30)16-20(27)18-32-22-11-5-2-6-12-22;/h1-14,19-20,26-27H,15-18H2,(H,28,29,30);/q;+1/p-1. The second-order valence-corrected chi connectivity index (χ2v) is 8.73. The minimum absolute atomic E-state index is 0. The Labute approximate surface area is 221 Å². The van der Waals surface area contributed by atoms with Crippen LogP contribution in [0.4, 0.5) is 5.69 Å². The van der Waals surface area contributed by atoms with E-state index >= 15 is 0 Å². The van der Waals surface area contributed by atoms with Gasteiger partial charge in [0.25, 0.3) is 0 Å². The summed E-state index contributed by atoms with van der Waals surface area (Å²) >= 11 is 0. The fraction of sp³-hybridized carbons (Fsp3) is 0.250. The van der Waals surface area contributed by atoms with E-state index < -0.39 is 27.2 Å². The van der Waals surface area contributed by atoms with E-state index in [9.17, 15) is 23.2 Å². The Morgan fingerprint density at radius 3 is 1.59 bits per heavy atom. The molecule has 0 saturated heterocycles. The molecule has 176 valence electrons. The summed E-state index contributed by atoms with van der Waals surface area (Å²) in [4.78, 5) is 1.01. The molecule has 3 aromatic carbocycles. The molecule has 3 aromatic rings. The van der Waals surface area contributed by atoms with Crippen LogP contribution in [-0.2, 0) is 10.1 Å². The van der Waals surface area contributed by atoms with E-state index in [2.05, 4.69) is 0 Å². The predicted molar refractivity (Wildman–Crippen MR) is 123 cm³/mol. The van der Waals surface area contributed by atoms with Gasteiger partial charge in [-0.3, -0.25) is 0 Å². The number of para-hydroxylation sites is 3. The molecule has 0 aliphatic heterocycles. The van der Waals surface area contributed by atoms with E-state index in [1.54, 1.807) is 54.6 Å². The smallest absolute Gasteiger partial charge is 0.744 e. The summed E-state index contributed by atoms with van der Waals surface area (Å²) in [7, 11) is -4.78. The number of hydrogen-bond donors (Lipinski definition) is 2. The summed E-state index contributed by atoms with van der Waals surface area (Å²) in [6.07, 6.45) is -2.07. The number of hydrogen-bond acceptors (Lipinski definition) is 8. The van der Waals surface area contributed by atoms with Crippen molar-refractivity contribution in [3.63, 3.8) is 0 Å². The van der Waals surface area contributed by atoms with Gasteiger partial charge >= 0.3 is 29.6 Å². The van der Waals surface area contributed by atoms with Gasteiger partial charge in [-0.05, 0) is 36.4 Å². The average Bonchev–Trinajstić information content (AvgIpc) is 2.82. The molecule has 0 aromatic heterocycles. The van der Waals surface area contributed by atoms with Crippen LogP contribution in [0.5, 0.6) is 11.5 Å². The van der Waals surface area contributed by atoms with Crippen molar-refractivity contribution in [3.8, 4) is 11.5 Å². The summed E-state index contributed by atoms with van der Waals surface area (Å²) < 4.78 is 46.5. The van der Waals surface area contributed by atoms with Crippen molar-refractivity contribution in [1.29, 1.82) is 0 Å². The van der Waals surface area contributed by atoms with Crippen LogP contribution in [0.3, 0.4) is 0 Å². The van der Waals surface area contributed by atoms with Crippen LogP contribution in [0, 0.1) is 0 Å². The quantitative estimate of drug-likeness (QED) is 0.250. The Bertz CT molecular complexity index is 1050. The molecule has 2 atom stereocenters. The first-order chi connectivity index (χ1) is 15.8. The van der Waals surface area contributed by atoms with Crippen LogP contribution >= 0.6 is 0 Å². The molecule has 0 saturated carbocycles. The molecule has 0 aliphatic carbocycles. The Morgan fingerprint density at radius 1 is 0.735 bits per heavy atom. The summed E-state index contributed by atoms with van der Waals surface area (Å²) in [5.41, 5.74) is 0.0880. The summed E-state index contributed by atoms with van der Waals surface area (Å²) in [5.74, 6) is 1.14. The molecule has 0 spiro atoms. The molecule has 3 rings (SSSR count). The van der Waals surface area contributed by atoms with E-state index in [4.69, 9.17) is 9.47 Å². The van der Waals surface area contributed by atoms with Crippen LogP contribution in [0.15, 0.2) is 89.8 Å². The third-order valence-corrected chi connectivity index (χ3v) is 5.59. The topological polar surface area (TPSA) is 119 Å². The monoisotopic (exact) mass is 495 g/mol. The molecular weight excluding hydrogens is 469 g/mol. The van der Waals surface area contributed by atoms with Crippen molar-refractivity contribution in [3.05, 3.63) is 84.9 Å². The van der Waals surface area contributed by atoms with E-state index in [1.807, 2.05) is 12.1 Å². The van der Waals surface area contributed by atoms with Crippen molar-refractivity contribution in [2.75, 3.05) is 31.2 Å². The zero-order chi connectivity index (χ0) is 23.7. The van der Waals surface area contributed by atoms with Gasteiger partial charge in [-0.25, -0.2) is 8.42 Å². The van der Waals surface area contributed by atoms with E-state index in [0.717, 1.165) is 0 Å². The molecule has 0 amide bonds. The van der Waals surface area contributed by atoms with E-state index in [-0.39, 0.29) is 61.5 Å². The number of aliphatic hydroxyl groups is 2. The molecule has 0 radical (unpaired) electrons. The van der Waals surface area contributed by atoms with Crippen molar-refractivity contribution in [1.82, 2.24) is 0 Å². The van der Waals surface area contributed by atoms with Crippen molar-refractivity contribution in [2.45, 2.75) is 17.1 Å². The van der Waals surface area contributed by atoms with Gasteiger partial charge in [-0.1, -0.05) is 48.5 Å². The second kappa shape index (κ2) is 13.7. The number of anilines is 1. The van der Waals surface area contributed by atoms with Crippen LogP contribution in [0.1, 0.15) is 0 Å². The summed E-state index contributed by atoms with van der Waals surface area (Å²) in [5, 5.41) is 21.1. The van der Waals surface area contributed by atoms with E-state index in [0.29, 0.717) is 11.5 Å². The molecule has 10 heteroatoms. The Hall–Kier alpha value is -2.11. The Kier molecular flexibility index (Phi) is 11.3. The fourth-order valence-corrected chi connectivity index (χ4v) is 3.93. The van der Waals surface area contributed by atoms with Crippen molar-refractivity contribution in [2.24, 2.45) is 0 Å². The molecule has 8 nitrogen and oxygen atoms in total. The number of nitrogens with zero attached hydrogens (tertiary/aromatic N) is 1. The minimum atomic E-state index is -4.78. The molecule has 2 unspecified atom stereocenters. The van der Waals surface area contributed by atoms with Crippen molar-refractivity contribution >= 4 is 15.8 Å². The molecule has 2 N–H and O–H groups in total. The zero-order valence-electron chi connectivity index (χ0n) is 18.9. The minimum Gasteiger partial charge on any atom is -0.744 e. The number of benzene rings is 3. The van der Waals surface area contributed by atoms with Gasteiger partial charge in [-0.2, -0.15) is 0 Å². The zero-order valence-corrected chi connectivity index (χ0v) is 21.7. The van der Waals surface area contributed by atoms with Crippen LogP contribution in [-0.4, -0.2) is 61.7 Å². The van der Waals surface area contributed by atoms with Gasteiger partial charge in [0.05, 0.1) is 10.6 Å². The maximum absolute atomic E-state index is 11.8. The SMILES string of the molecule is O=S(=O)([O-])c1ccccc1N(CC(O)COc1ccccc1)CC(O)COc1ccccc1.[Na+]. The third-order valence-electron chi connectivity index (χ3n) is 4.71. The van der Waals surface area contributed by atoms with Crippen LogP contribution < -0.4 is 43.9 Å². The molecule has 0 bridgehead atoms. The van der Waals surface area contributed by atoms with Gasteiger partial charge in [-0.15, -0.1) is 0 Å². The van der Waals surface area contributed by atoms with Crippen LogP contribution in [0.2, 0.25) is 0 Å². The van der Waals surface area contributed by atoms with Gasteiger partial charge in [0, 0.05) is 13.1 Å². The first-order valence-electron chi connectivity index (χ1n) is 10.3. The normalized spacial score (nSPS) is 12.8. The van der Waals surface area contributed by atoms with Gasteiger partial charge < -0.3 is 29.1 Å². The number of ether oxygens (including phenoxy) is 2. The first kappa shape index (κ1) is 28.1. The third kappa shape index (κ3) is 8.92. The molecule has 34 heavy (non-hydrogen) atoms. The number of aliphatic hydroxyl groups excluding tert-OH is 2. The first-order valence-corrected chi connectivity index (χ1v) is 11.8. The van der Waals surface area contributed by atoms with Crippen LogP contribution in [0.25, 0.3) is 0 Å². The largest absolute Gasteiger partial charge is 1.00 e. The van der Waals surface area contributed by atoms with Gasteiger partial charge in [0.2, 0.25) is 0 Å². The van der Waals surface area contributed by atoms with Gasteiger partial charge in [0.15, 0.2) is 0 Å². The van der Waals surface area contributed by atoms with Gasteiger partial charge in [0.1, 0.15) is 47.0 Å². The maximum Gasteiger partial charge on any atom is 1.00 e. The summed E-state index contributed by atoms with van der Waals surface area (Å²) in [6, 6.07) is 23.5. The average molecular weight is 496 g/mol. The molecular formula is C24H26NNaO7S. The molecule has 0 aliphatic rings. The Morgan fingerprint density at radius 2 is 1.15 bits per heavy atom. The molecule has 0 fully saturated rings. The molecule has 0 heterocycles. The number of rotatable bonds is 12. The maximum atomic E-state index is 11.8. The van der Waals surface area contributed by atoms with E-state index in [1.165, 1.54) is 23.1 Å². The predicted octanol–water partition coefficient (Wildman–Crippen LogP) is -0.719. The fourth-order valence-electron chi connectivity index (χ4n) is 3.23. The van der Waals surface area contributed by atoms with Crippen molar-refractivity contribution < 1.29 is 62.2 Å².